The first-order valence-corrected chi connectivity index (χ1v) is 10.9. The van der Waals surface area contributed by atoms with Crippen LogP contribution in [0, 0.1) is 0 Å². The van der Waals surface area contributed by atoms with Crippen LogP contribution in [-0.2, 0) is 42.6 Å². The SMILES string of the molecule is CN1C[C@@H](COC(=O)OCCOCCOCCOCCOCCOCCOCCO)OC1=O. The molecule has 0 aromatic heterocycles. The van der Waals surface area contributed by atoms with Crippen molar-refractivity contribution in [3.8, 4) is 0 Å². The summed E-state index contributed by atoms with van der Waals surface area (Å²) >= 11 is 0. The van der Waals surface area contributed by atoms with Crippen molar-refractivity contribution in [1.82, 2.24) is 4.90 Å². The van der Waals surface area contributed by atoms with Crippen LogP contribution in [0.1, 0.15) is 0 Å². The van der Waals surface area contributed by atoms with Gasteiger partial charge in [0.2, 0.25) is 0 Å². The average molecular weight is 484 g/mol. The number of aliphatic hydroxyl groups is 1. The monoisotopic (exact) mass is 483 g/mol. The summed E-state index contributed by atoms with van der Waals surface area (Å²) in [6, 6.07) is 0. The van der Waals surface area contributed by atoms with Crippen LogP contribution in [0.15, 0.2) is 0 Å². The molecule has 1 aliphatic heterocycles. The molecule has 1 atom stereocenters. The molecule has 1 aliphatic rings. The van der Waals surface area contributed by atoms with E-state index in [-0.39, 0.29) is 26.4 Å². The van der Waals surface area contributed by atoms with Gasteiger partial charge in [0.25, 0.3) is 0 Å². The number of hydrogen-bond acceptors (Lipinski definition) is 12. The molecule has 13 nitrogen and oxygen atoms in total. The molecule has 1 fully saturated rings. The van der Waals surface area contributed by atoms with E-state index in [2.05, 4.69) is 0 Å². The van der Waals surface area contributed by atoms with Gasteiger partial charge in [-0.2, -0.15) is 0 Å². The lowest BCUT2D eigenvalue weighted by Crippen LogP contribution is -2.24. The number of cyclic esters (lactones) is 1. The van der Waals surface area contributed by atoms with Crippen molar-refractivity contribution < 1.29 is 57.3 Å². The van der Waals surface area contributed by atoms with Crippen molar-refractivity contribution in [2.75, 3.05) is 113 Å². The molecule has 0 unspecified atom stereocenters. The maximum Gasteiger partial charge on any atom is 0.508 e. The first-order chi connectivity index (χ1) is 16.1. The second-order valence-corrected chi connectivity index (χ2v) is 6.69. The summed E-state index contributed by atoms with van der Waals surface area (Å²) in [5.74, 6) is 0. The van der Waals surface area contributed by atoms with Crippen molar-refractivity contribution in [2.45, 2.75) is 6.10 Å². The molecule has 0 spiro atoms. The van der Waals surface area contributed by atoms with Crippen LogP contribution in [0.3, 0.4) is 0 Å². The number of nitrogens with zero attached hydrogens (tertiary/aromatic N) is 1. The van der Waals surface area contributed by atoms with Gasteiger partial charge in [0, 0.05) is 7.05 Å². The predicted molar refractivity (Wildman–Crippen MR) is 112 cm³/mol. The molecule has 1 heterocycles. The summed E-state index contributed by atoms with van der Waals surface area (Å²) in [5.41, 5.74) is 0. The number of aliphatic hydroxyl groups excluding tert-OH is 1. The van der Waals surface area contributed by atoms with E-state index >= 15 is 0 Å². The van der Waals surface area contributed by atoms with E-state index in [1.165, 1.54) is 4.90 Å². The highest BCUT2D eigenvalue weighted by atomic mass is 16.7. The van der Waals surface area contributed by atoms with Crippen LogP contribution < -0.4 is 0 Å². The quantitative estimate of drug-likeness (QED) is 0.159. The zero-order valence-electron chi connectivity index (χ0n) is 19.3. The Kier molecular flexibility index (Phi) is 18.5. The highest BCUT2D eigenvalue weighted by Crippen LogP contribution is 2.09. The maximum atomic E-state index is 11.4. The molecule has 13 heteroatoms. The number of ether oxygens (including phenoxy) is 9. The van der Waals surface area contributed by atoms with Gasteiger partial charge < -0.3 is 52.6 Å². The standard InChI is InChI=1S/C20H37NO12/c1-21-16-18(33-19(21)23)17-32-20(24)31-15-14-30-13-12-29-11-10-28-9-8-27-7-6-26-5-4-25-3-2-22/h18,22H,2-17H2,1H3/t18-/m0/s1. The zero-order chi connectivity index (χ0) is 24.0. The van der Waals surface area contributed by atoms with E-state index in [0.717, 1.165) is 0 Å². The Morgan fingerprint density at radius 1 is 0.788 bits per heavy atom. The average Bonchev–Trinajstić information content (AvgIpc) is 3.13. The van der Waals surface area contributed by atoms with E-state index in [0.29, 0.717) is 79.2 Å². The number of hydrogen-bond donors (Lipinski definition) is 1. The number of amides is 1. The number of likely N-dealkylation sites (N-methyl/N-ethyl adjacent to an activating group) is 1. The number of rotatable bonds is 22. The van der Waals surface area contributed by atoms with Gasteiger partial charge in [0.05, 0.1) is 92.4 Å². The lowest BCUT2D eigenvalue weighted by molar-refractivity contribution is -0.0224. The molecule has 33 heavy (non-hydrogen) atoms. The first-order valence-electron chi connectivity index (χ1n) is 10.9. The third-order valence-electron chi connectivity index (χ3n) is 3.99. The second kappa shape index (κ2) is 20.8. The fraction of sp³-hybridized carbons (Fsp3) is 0.900. The minimum absolute atomic E-state index is 0.0133. The first kappa shape index (κ1) is 29.3. The van der Waals surface area contributed by atoms with E-state index in [4.69, 9.17) is 47.7 Å². The molecule has 0 aromatic rings. The normalized spacial score (nSPS) is 15.6. The van der Waals surface area contributed by atoms with Gasteiger partial charge in [-0.3, -0.25) is 0 Å². The Balaban J connectivity index is 1.71. The molecule has 1 rings (SSSR count). The third kappa shape index (κ3) is 17.4. The van der Waals surface area contributed by atoms with Gasteiger partial charge in [0.1, 0.15) is 13.2 Å². The molecular weight excluding hydrogens is 446 g/mol. The van der Waals surface area contributed by atoms with E-state index < -0.39 is 18.4 Å². The second-order valence-electron chi connectivity index (χ2n) is 6.69. The van der Waals surface area contributed by atoms with Crippen molar-refractivity contribution >= 4 is 12.2 Å². The number of carbonyl (C=O) groups is 2. The zero-order valence-corrected chi connectivity index (χ0v) is 19.3. The summed E-state index contributed by atoms with van der Waals surface area (Å²) in [5, 5.41) is 8.54. The summed E-state index contributed by atoms with van der Waals surface area (Å²) in [4.78, 5) is 24.0. The van der Waals surface area contributed by atoms with Gasteiger partial charge >= 0.3 is 12.2 Å². The Labute approximate surface area is 194 Å². The molecule has 0 aromatic carbocycles. The molecule has 1 saturated heterocycles. The third-order valence-corrected chi connectivity index (χ3v) is 3.99. The molecule has 194 valence electrons. The maximum absolute atomic E-state index is 11.4. The van der Waals surface area contributed by atoms with Crippen LogP contribution in [0.4, 0.5) is 9.59 Å². The minimum atomic E-state index is -0.835. The highest BCUT2D eigenvalue weighted by molar-refractivity contribution is 5.69. The summed E-state index contributed by atoms with van der Waals surface area (Å²) < 4.78 is 46.4. The van der Waals surface area contributed by atoms with Crippen LogP contribution >= 0.6 is 0 Å². The van der Waals surface area contributed by atoms with Crippen LogP contribution in [0.2, 0.25) is 0 Å². The molecule has 0 saturated carbocycles. The van der Waals surface area contributed by atoms with Gasteiger partial charge in [-0.25, -0.2) is 9.59 Å². The lowest BCUT2D eigenvalue weighted by atomic mass is 10.4. The Hall–Kier alpha value is -1.74. The van der Waals surface area contributed by atoms with Crippen molar-refractivity contribution in [3.63, 3.8) is 0 Å². The molecular formula is C20H37NO12. The van der Waals surface area contributed by atoms with Crippen LogP contribution in [0.25, 0.3) is 0 Å². The Morgan fingerprint density at radius 2 is 1.21 bits per heavy atom. The lowest BCUT2D eigenvalue weighted by Gasteiger charge is -2.10. The van der Waals surface area contributed by atoms with Crippen molar-refractivity contribution in [2.24, 2.45) is 0 Å². The van der Waals surface area contributed by atoms with Gasteiger partial charge in [-0.05, 0) is 0 Å². The topological polar surface area (TPSA) is 141 Å². The van der Waals surface area contributed by atoms with Gasteiger partial charge in [-0.15, -0.1) is 0 Å². The van der Waals surface area contributed by atoms with Crippen LogP contribution in [0.5, 0.6) is 0 Å². The predicted octanol–water partition coefficient (Wildman–Crippen LogP) is -0.318. The molecule has 0 aliphatic carbocycles. The van der Waals surface area contributed by atoms with Crippen molar-refractivity contribution in [3.05, 3.63) is 0 Å². The van der Waals surface area contributed by atoms with E-state index in [9.17, 15) is 9.59 Å². The molecule has 1 amide bonds. The number of carbonyl (C=O) groups excluding carboxylic acids is 2. The van der Waals surface area contributed by atoms with Crippen molar-refractivity contribution in [1.29, 1.82) is 0 Å². The van der Waals surface area contributed by atoms with Gasteiger partial charge in [-0.1, -0.05) is 0 Å². The van der Waals surface area contributed by atoms with E-state index in [1.807, 2.05) is 0 Å². The van der Waals surface area contributed by atoms with Gasteiger partial charge in [0.15, 0.2) is 6.10 Å². The summed E-state index contributed by atoms with van der Waals surface area (Å²) in [6.07, 6.45) is -1.75. The fourth-order valence-corrected chi connectivity index (χ4v) is 2.39. The summed E-state index contributed by atoms with van der Waals surface area (Å²) in [6.45, 7) is 5.38. The molecule has 0 bridgehead atoms. The summed E-state index contributed by atoms with van der Waals surface area (Å²) in [7, 11) is 1.60. The Morgan fingerprint density at radius 3 is 1.61 bits per heavy atom. The molecule has 1 N–H and O–H groups in total. The smallest absolute Gasteiger partial charge is 0.441 e. The van der Waals surface area contributed by atoms with Crippen LogP contribution in [-0.4, -0.2) is 141 Å². The largest absolute Gasteiger partial charge is 0.508 e. The molecule has 0 radical (unpaired) electrons. The Bertz CT molecular complexity index is 496. The van der Waals surface area contributed by atoms with E-state index in [1.54, 1.807) is 7.05 Å². The fourth-order valence-electron chi connectivity index (χ4n) is 2.39. The minimum Gasteiger partial charge on any atom is -0.441 e. The highest BCUT2D eigenvalue weighted by Gasteiger charge is 2.29.